The molecule has 0 spiro atoms. The van der Waals surface area contributed by atoms with Gasteiger partial charge in [0.1, 0.15) is 5.82 Å². The second kappa shape index (κ2) is 7.86. The van der Waals surface area contributed by atoms with Crippen molar-refractivity contribution in [2.24, 2.45) is 0 Å². The number of rotatable bonds is 4. The van der Waals surface area contributed by atoms with E-state index in [1.165, 1.54) is 4.57 Å². The summed E-state index contributed by atoms with van der Waals surface area (Å²) in [6.45, 7) is 3.58. The Hall–Kier alpha value is -3.97. The van der Waals surface area contributed by atoms with Crippen LogP contribution in [-0.4, -0.2) is 18.0 Å². The van der Waals surface area contributed by atoms with Gasteiger partial charge in [-0.15, -0.1) is 0 Å². The molecule has 7 heteroatoms. The topological polar surface area (TPSA) is 81.1 Å². The molecule has 0 amide bonds. The summed E-state index contributed by atoms with van der Waals surface area (Å²) in [5, 5.41) is 2.36. The maximum atomic E-state index is 13.1. The van der Waals surface area contributed by atoms with E-state index >= 15 is 0 Å². The van der Waals surface area contributed by atoms with Crippen molar-refractivity contribution in [2.75, 3.05) is 4.72 Å². The number of hydrogen-bond acceptors (Lipinski definition) is 4. The molecule has 164 valence electrons. The predicted octanol–water partition coefficient (Wildman–Crippen LogP) is 4.96. The zero-order chi connectivity index (χ0) is 23.2. The molecule has 1 N–H and O–H groups in total. The first-order chi connectivity index (χ1) is 15.8. The van der Waals surface area contributed by atoms with E-state index in [9.17, 15) is 13.2 Å². The molecule has 0 saturated carbocycles. The molecule has 0 unspecified atom stereocenters. The number of hydrogen-bond donors (Lipinski definition) is 1. The number of nitrogens with one attached hydrogen (secondary N) is 1. The molecule has 5 aromatic rings. The molecule has 0 fully saturated rings. The number of aryl methyl sites for hydroxylation is 2. The third kappa shape index (κ3) is 3.76. The van der Waals surface area contributed by atoms with E-state index < -0.39 is 10.0 Å². The van der Waals surface area contributed by atoms with Gasteiger partial charge in [-0.25, -0.2) is 13.4 Å². The highest BCUT2D eigenvalue weighted by Gasteiger charge is 2.17. The van der Waals surface area contributed by atoms with Crippen molar-refractivity contribution in [3.05, 3.63) is 107 Å². The third-order valence-electron chi connectivity index (χ3n) is 5.69. The maximum absolute atomic E-state index is 13.1. The number of para-hydroxylation sites is 1. The molecular weight excluding hydrogens is 434 g/mol. The molecule has 0 radical (unpaired) electrons. The van der Waals surface area contributed by atoms with E-state index in [1.54, 1.807) is 62.4 Å². The monoisotopic (exact) mass is 455 g/mol. The fourth-order valence-corrected chi connectivity index (χ4v) is 5.15. The van der Waals surface area contributed by atoms with Crippen LogP contribution in [0.25, 0.3) is 27.4 Å². The number of nitrogens with zero attached hydrogens (tertiary/aromatic N) is 2. The van der Waals surface area contributed by atoms with Crippen LogP contribution in [0.4, 0.5) is 5.69 Å². The van der Waals surface area contributed by atoms with E-state index in [1.807, 2.05) is 36.4 Å². The zero-order valence-corrected chi connectivity index (χ0v) is 18.9. The normalized spacial score (nSPS) is 11.7. The summed E-state index contributed by atoms with van der Waals surface area (Å²) in [6.07, 6.45) is 0. The number of sulfonamides is 1. The molecule has 5 rings (SSSR count). The Kier molecular flexibility index (Phi) is 4.98. The first-order valence-corrected chi connectivity index (χ1v) is 11.9. The first-order valence-electron chi connectivity index (χ1n) is 10.4. The minimum absolute atomic E-state index is 0.165. The van der Waals surface area contributed by atoms with Gasteiger partial charge in [-0.2, -0.15) is 0 Å². The van der Waals surface area contributed by atoms with Gasteiger partial charge in [0.2, 0.25) is 0 Å². The minimum Gasteiger partial charge on any atom is -0.279 e. The summed E-state index contributed by atoms with van der Waals surface area (Å²) < 4.78 is 30.3. The van der Waals surface area contributed by atoms with Crippen LogP contribution in [0.1, 0.15) is 11.4 Å². The van der Waals surface area contributed by atoms with Crippen molar-refractivity contribution in [1.82, 2.24) is 9.55 Å². The zero-order valence-electron chi connectivity index (χ0n) is 18.1. The van der Waals surface area contributed by atoms with Gasteiger partial charge >= 0.3 is 0 Å². The Morgan fingerprint density at radius 1 is 0.818 bits per heavy atom. The Labute approximate surface area is 191 Å². The molecule has 0 aliphatic heterocycles. The second-order valence-electron chi connectivity index (χ2n) is 7.93. The van der Waals surface area contributed by atoms with E-state index in [-0.39, 0.29) is 10.5 Å². The van der Waals surface area contributed by atoms with Crippen molar-refractivity contribution in [3.63, 3.8) is 0 Å². The average Bonchev–Trinajstić information content (AvgIpc) is 2.80. The van der Waals surface area contributed by atoms with E-state index in [0.717, 1.165) is 10.8 Å². The molecule has 1 heterocycles. The number of fused-ring (bicyclic) bond motifs is 2. The summed E-state index contributed by atoms with van der Waals surface area (Å²) in [5.41, 5.74) is 2.25. The standard InChI is InChI=1S/C26H21N3O3S/c1-17-15-21(29-18(2)27-25-10-6-5-9-23(25)26(29)30)12-14-24(17)28-33(31,32)22-13-11-19-7-3-4-8-20(19)16-22/h3-16,28H,1-2H3. The van der Waals surface area contributed by atoms with Crippen LogP contribution < -0.4 is 10.3 Å². The summed E-state index contributed by atoms with van der Waals surface area (Å²) >= 11 is 0. The molecule has 0 atom stereocenters. The Bertz CT molecular complexity index is 1710. The van der Waals surface area contributed by atoms with Gasteiger partial charge in [0.15, 0.2) is 0 Å². The van der Waals surface area contributed by atoms with Gasteiger partial charge < -0.3 is 0 Å². The molecule has 0 aliphatic carbocycles. The smallest absolute Gasteiger partial charge is 0.265 e. The van der Waals surface area contributed by atoms with Crippen molar-refractivity contribution < 1.29 is 8.42 Å². The Morgan fingerprint density at radius 3 is 2.33 bits per heavy atom. The molecule has 0 saturated heterocycles. The van der Waals surface area contributed by atoms with Gasteiger partial charge in [-0.1, -0.05) is 42.5 Å². The predicted molar refractivity (Wildman–Crippen MR) is 132 cm³/mol. The van der Waals surface area contributed by atoms with Gasteiger partial charge in [0, 0.05) is 0 Å². The van der Waals surface area contributed by atoms with Crippen LogP contribution in [0.15, 0.2) is 94.6 Å². The van der Waals surface area contributed by atoms with E-state index in [0.29, 0.717) is 33.7 Å². The lowest BCUT2D eigenvalue weighted by Gasteiger charge is -2.15. The van der Waals surface area contributed by atoms with Gasteiger partial charge in [-0.05, 0) is 72.6 Å². The lowest BCUT2D eigenvalue weighted by molar-refractivity contribution is 0.601. The van der Waals surface area contributed by atoms with Crippen LogP contribution in [-0.2, 0) is 10.0 Å². The molecule has 0 bridgehead atoms. The number of aromatic nitrogens is 2. The van der Waals surface area contributed by atoms with Crippen LogP contribution in [0.3, 0.4) is 0 Å². The first kappa shape index (κ1) is 20.9. The summed E-state index contributed by atoms with van der Waals surface area (Å²) in [5.74, 6) is 0.558. The highest BCUT2D eigenvalue weighted by molar-refractivity contribution is 7.92. The average molecular weight is 456 g/mol. The molecule has 33 heavy (non-hydrogen) atoms. The molecular formula is C26H21N3O3S. The molecule has 6 nitrogen and oxygen atoms in total. The van der Waals surface area contributed by atoms with Crippen LogP contribution >= 0.6 is 0 Å². The largest absolute Gasteiger partial charge is 0.279 e. The fraction of sp³-hybridized carbons (Fsp3) is 0.0769. The number of benzene rings is 4. The van der Waals surface area contributed by atoms with Crippen LogP contribution in [0.5, 0.6) is 0 Å². The van der Waals surface area contributed by atoms with E-state index in [4.69, 9.17) is 0 Å². The van der Waals surface area contributed by atoms with Crippen molar-refractivity contribution >= 4 is 37.4 Å². The third-order valence-corrected chi connectivity index (χ3v) is 7.05. The summed E-state index contributed by atoms with van der Waals surface area (Å²) in [7, 11) is -3.78. The summed E-state index contributed by atoms with van der Waals surface area (Å²) in [6, 6.07) is 25.0. The summed E-state index contributed by atoms with van der Waals surface area (Å²) in [4.78, 5) is 17.8. The van der Waals surface area contributed by atoms with Crippen LogP contribution in [0.2, 0.25) is 0 Å². The van der Waals surface area contributed by atoms with Crippen molar-refractivity contribution in [1.29, 1.82) is 0 Å². The van der Waals surface area contributed by atoms with Gasteiger partial charge in [0.25, 0.3) is 15.6 Å². The second-order valence-corrected chi connectivity index (χ2v) is 9.61. The Balaban J connectivity index is 1.52. The van der Waals surface area contributed by atoms with E-state index in [2.05, 4.69) is 9.71 Å². The fourth-order valence-electron chi connectivity index (χ4n) is 3.99. The molecule has 1 aromatic heterocycles. The number of anilines is 1. The SMILES string of the molecule is Cc1cc(-n2c(C)nc3ccccc3c2=O)ccc1NS(=O)(=O)c1ccc2ccccc2c1. The van der Waals surface area contributed by atoms with Gasteiger partial charge in [0.05, 0.1) is 27.2 Å². The Morgan fingerprint density at radius 2 is 1.55 bits per heavy atom. The lowest BCUT2D eigenvalue weighted by Crippen LogP contribution is -2.22. The molecule has 4 aromatic carbocycles. The highest BCUT2D eigenvalue weighted by Crippen LogP contribution is 2.25. The van der Waals surface area contributed by atoms with Crippen molar-refractivity contribution in [2.45, 2.75) is 18.7 Å². The van der Waals surface area contributed by atoms with Gasteiger partial charge in [-0.3, -0.25) is 14.1 Å². The minimum atomic E-state index is -3.78. The van der Waals surface area contributed by atoms with Crippen molar-refractivity contribution in [3.8, 4) is 5.69 Å². The lowest BCUT2D eigenvalue weighted by atomic mass is 10.1. The maximum Gasteiger partial charge on any atom is 0.265 e. The molecule has 0 aliphatic rings. The van der Waals surface area contributed by atoms with Crippen LogP contribution in [0, 0.1) is 13.8 Å². The quantitative estimate of drug-likeness (QED) is 0.415. The highest BCUT2D eigenvalue weighted by atomic mass is 32.2.